The van der Waals surface area contributed by atoms with Crippen molar-refractivity contribution in [2.75, 3.05) is 5.32 Å². The number of rotatable bonds is 3. The summed E-state index contributed by atoms with van der Waals surface area (Å²) in [4.78, 5) is 11.5. The van der Waals surface area contributed by atoms with Crippen molar-refractivity contribution < 1.29 is 18.3 Å². The van der Waals surface area contributed by atoms with Crippen LogP contribution in [0.4, 0.5) is 5.69 Å². The van der Waals surface area contributed by atoms with Crippen molar-refractivity contribution in [1.82, 2.24) is 4.72 Å². The molecule has 7 heteroatoms. The molecule has 0 aromatic heterocycles. The van der Waals surface area contributed by atoms with Gasteiger partial charge in [-0.25, -0.2) is 13.1 Å². The van der Waals surface area contributed by atoms with Crippen LogP contribution in [-0.2, 0) is 21.2 Å². The van der Waals surface area contributed by atoms with Gasteiger partial charge in [0.2, 0.25) is 15.9 Å². The van der Waals surface area contributed by atoms with E-state index in [1.807, 2.05) is 13.8 Å². The largest absolute Gasteiger partial charge is 0.392 e. The van der Waals surface area contributed by atoms with Crippen LogP contribution in [0, 0.1) is 5.41 Å². The molecule has 1 amide bonds. The summed E-state index contributed by atoms with van der Waals surface area (Å²) in [5, 5.41) is 12.4. The van der Waals surface area contributed by atoms with Crippen LogP contribution in [0.25, 0.3) is 0 Å². The van der Waals surface area contributed by atoms with Crippen LogP contribution in [0.1, 0.15) is 25.8 Å². The third kappa shape index (κ3) is 2.35. The Bertz CT molecular complexity index is 712. The van der Waals surface area contributed by atoms with Crippen molar-refractivity contribution in [2.45, 2.75) is 43.7 Å². The molecule has 6 nitrogen and oxygen atoms in total. The monoisotopic (exact) mass is 310 g/mol. The summed E-state index contributed by atoms with van der Waals surface area (Å²) in [5.41, 5.74) is 0.885. The maximum atomic E-state index is 12.4. The molecule has 0 saturated heterocycles. The minimum absolute atomic E-state index is 0.129. The molecule has 1 aliphatic carbocycles. The van der Waals surface area contributed by atoms with Crippen molar-refractivity contribution in [3.63, 3.8) is 0 Å². The van der Waals surface area contributed by atoms with Crippen molar-refractivity contribution in [1.29, 1.82) is 0 Å². The van der Waals surface area contributed by atoms with E-state index in [-0.39, 0.29) is 23.3 Å². The first-order valence-corrected chi connectivity index (χ1v) is 8.31. The maximum absolute atomic E-state index is 12.4. The van der Waals surface area contributed by atoms with Gasteiger partial charge in [0, 0.05) is 17.1 Å². The highest BCUT2D eigenvalue weighted by atomic mass is 32.2. The average molecular weight is 310 g/mol. The predicted octanol–water partition coefficient (Wildman–Crippen LogP) is 0.619. The number of hydrogen-bond acceptors (Lipinski definition) is 4. The number of aliphatic hydroxyl groups excluding tert-OH is 1. The fraction of sp³-hybridized carbons (Fsp3) is 0.500. The van der Waals surface area contributed by atoms with Gasteiger partial charge in [0.05, 0.1) is 17.4 Å². The second kappa shape index (κ2) is 4.53. The quantitative estimate of drug-likeness (QED) is 0.762. The lowest BCUT2D eigenvalue weighted by molar-refractivity contribution is -0.115. The molecular weight excluding hydrogens is 292 g/mol. The molecule has 0 radical (unpaired) electrons. The first-order valence-electron chi connectivity index (χ1n) is 6.83. The van der Waals surface area contributed by atoms with Crippen molar-refractivity contribution >= 4 is 21.6 Å². The highest BCUT2D eigenvalue weighted by Gasteiger charge is 2.49. The Balaban J connectivity index is 1.83. The van der Waals surface area contributed by atoms with E-state index in [9.17, 15) is 18.3 Å². The summed E-state index contributed by atoms with van der Waals surface area (Å²) in [6, 6.07) is 4.33. The van der Waals surface area contributed by atoms with Crippen LogP contribution in [0.5, 0.6) is 0 Å². The van der Waals surface area contributed by atoms with Crippen LogP contribution in [-0.4, -0.2) is 31.6 Å². The summed E-state index contributed by atoms with van der Waals surface area (Å²) < 4.78 is 27.5. The molecule has 1 fully saturated rings. The Hall–Kier alpha value is -1.44. The molecule has 1 aliphatic heterocycles. The standard InChI is InChI=1S/C14H18N2O4S/c1-14(2)11(7-12(14)17)16-21(19,20)9-3-4-10-8(5-9)6-13(18)15-10/h3-5,11-12,16-17H,6-7H2,1-2H3,(H,15,18). The lowest BCUT2D eigenvalue weighted by Crippen LogP contribution is -2.61. The van der Waals surface area contributed by atoms with Crippen LogP contribution >= 0.6 is 0 Å². The summed E-state index contributed by atoms with van der Waals surface area (Å²) in [7, 11) is -3.65. The molecule has 1 heterocycles. The number of hydrogen-bond donors (Lipinski definition) is 3. The fourth-order valence-corrected chi connectivity index (χ4v) is 4.19. The van der Waals surface area contributed by atoms with Crippen molar-refractivity contribution in [3.05, 3.63) is 23.8 Å². The smallest absolute Gasteiger partial charge is 0.240 e. The average Bonchev–Trinajstić information content (AvgIpc) is 2.77. The van der Waals surface area contributed by atoms with E-state index in [2.05, 4.69) is 10.0 Å². The zero-order valence-electron chi connectivity index (χ0n) is 11.9. The lowest BCUT2D eigenvalue weighted by atomic mass is 9.65. The van der Waals surface area contributed by atoms with Crippen LogP contribution in [0.3, 0.4) is 0 Å². The van der Waals surface area contributed by atoms with E-state index in [0.717, 1.165) is 0 Å². The van der Waals surface area contributed by atoms with Crippen LogP contribution < -0.4 is 10.0 Å². The minimum atomic E-state index is -3.65. The molecule has 1 aromatic rings. The number of amides is 1. The number of aliphatic hydroxyl groups is 1. The van der Waals surface area contributed by atoms with Gasteiger partial charge in [0.25, 0.3) is 0 Å². The number of nitrogens with one attached hydrogen (secondary N) is 2. The predicted molar refractivity (Wildman–Crippen MR) is 77.3 cm³/mol. The number of carbonyl (C=O) groups is 1. The first kappa shape index (κ1) is 14.5. The number of carbonyl (C=O) groups excluding carboxylic acids is 1. The highest BCUT2D eigenvalue weighted by molar-refractivity contribution is 7.89. The molecule has 2 unspecified atom stereocenters. The lowest BCUT2D eigenvalue weighted by Gasteiger charge is -2.49. The number of fused-ring (bicyclic) bond motifs is 1. The Labute approximate surface area is 123 Å². The van der Waals surface area contributed by atoms with Gasteiger partial charge in [0.15, 0.2) is 0 Å². The van der Waals surface area contributed by atoms with Gasteiger partial charge in [-0.3, -0.25) is 4.79 Å². The Kier molecular flexibility index (Phi) is 3.12. The van der Waals surface area contributed by atoms with E-state index < -0.39 is 21.5 Å². The summed E-state index contributed by atoms with van der Waals surface area (Å²) in [5.74, 6) is -0.129. The minimum Gasteiger partial charge on any atom is -0.392 e. The molecule has 2 atom stereocenters. The molecule has 0 spiro atoms. The molecular formula is C14H18N2O4S. The highest BCUT2D eigenvalue weighted by Crippen LogP contribution is 2.41. The van der Waals surface area contributed by atoms with Crippen LogP contribution in [0.15, 0.2) is 23.1 Å². The van der Waals surface area contributed by atoms with Gasteiger partial charge < -0.3 is 10.4 Å². The first-order chi connectivity index (χ1) is 9.70. The third-order valence-electron chi connectivity index (χ3n) is 4.53. The molecule has 1 aromatic carbocycles. The van der Waals surface area contributed by atoms with Gasteiger partial charge in [-0.15, -0.1) is 0 Å². The van der Waals surface area contributed by atoms with Crippen molar-refractivity contribution in [3.8, 4) is 0 Å². The third-order valence-corrected chi connectivity index (χ3v) is 5.99. The molecule has 114 valence electrons. The SMILES string of the molecule is CC1(C)C(O)CC1NS(=O)(=O)c1ccc2c(c1)CC(=O)N2. The second-order valence-corrected chi connectivity index (χ2v) is 8.00. The summed E-state index contributed by atoms with van der Waals surface area (Å²) in [6.45, 7) is 3.67. The van der Waals surface area contributed by atoms with Crippen molar-refractivity contribution in [2.24, 2.45) is 5.41 Å². The molecule has 1 saturated carbocycles. The Morgan fingerprint density at radius 1 is 1.38 bits per heavy atom. The normalized spacial score (nSPS) is 26.9. The number of anilines is 1. The fourth-order valence-electron chi connectivity index (χ4n) is 2.73. The summed E-state index contributed by atoms with van der Waals surface area (Å²) in [6.07, 6.45) is 0.121. The maximum Gasteiger partial charge on any atom is 0.240 e. The molecule has 21 heavy (non-hydrogen) atoms. The van der Waals surface area contributed by atoms with Gasteiger partial charge in [0.1, 0.15) is 0 Å². The van der Waals surface area contributed by atoms with Gasteiger partial charge in [-0.05, 0) is 30.2 Å². The zero-order valence-corrected chi connectivity index (χ0v) is 12.7. The van der Waals surface area contributed by atoms with Crippen LogP contribution in [0.2, 0.25) is 0 Å². The van der Waals surface area contributed by atoms with Gasteiger partial charge in [-0.1, -0.05) is 13.8 Å². The Morgan fingerprint density at radius 3 is 2.71 bits per heavy atom. The second-order valence-electron chi connectivity index (χ2n) is 6.29. The number of benzene rings is 1. The number of sulfonamides is 1. The van der Waals surface area contributed by atoms with E-state index in [1.165, 1.54) is 12.1 Å². The van der Waals surface area contributed by atoms with Gasteiger partial charge in [-0.2, -0.15) is 0 Å². The van der Waals surface area contributed by atoms with E-state index in [4.69, 9.17) is 0 Å². The topological polar surface area (TPSA) is 95.5 Å². The van der Waals surface area contributed by atoms with E-state index in [1.54, 1.807) is 6.07 Å². The molecule has 3 N–H and O–H groups in total. The van der Waals surface area contributed by atoms with E-state index >= 15 is 0 Å². The molecule has 3 rings (SSSR count). The molecule has 2 aliphatic rings. The van der Waals surface area contributed by atoms with Gasteiger partial charge >= 0.3 is 0 Å². The zero-order chi connectivity index (χ0) is 15.4. The summed E-state index contributed by atoms with van der Waals surface area (Å²) >= 11 is 0. The Morgan fingerprint density at radius 2 is 2.10 bits per heavy atom. The van der Waals surface area contributed by atoms with E-state index in [0.29, 0.717) is 17.7 Å². The molecule has 0 bridgehead atoms.